The van der Waals surface area contributed by atoms with Crippen molar-refractivity contribution in [1.82, 2.24) is 5.32 Å². The lowest BCUT2D eigenvalue weighted by molar-refractivity contribution is 0.0952. The summed E-state index contributed by atoms with van der Waals surface area (Å²) in [4.78, 5) is 25.5. The Balaban J connectivity index is 1.50. The maximum atomic E-state index is 12.8. The fourth-order valence-electron chi connectivity index (χ4n) is 4.43. The Morgan fingerprint density at radius 1 is 0.750 bits per heavy atom. The first-order valence-corrected chi connectivity index (χ1v) is 13.4. The van der Waals surface area contributed by atoms with Crippen LogP contribution in [-0.4, -0.2) is 23.5 Å². The second-order valence-electron chi connectivity index (χ2n) is 9.64. The zero-order valence-electron chi connectivity index (χ0n) is 21.7. The number of nitrogens with one attached hydrogen (secondary N) is 2. The van der Waals surface area contributed by atoms with Crippen molar-refractivity contribution in [3.63, 3.8) is 0 Å². The second-order valence-corrected chi connectivity index (χ2v) is 9.64. The van der Waals surface area contributed by atoms with Gasteiger partial charge in [-0.05, 0) is 60.0 Å². The van der Waals surface area contributed by atoms with E-state index in [1.807, 2.05) is 31.2 Å². The first-order valence-electron chi connectivity index (χ1n) is 13.4. The van der Waals surface area contributed by atoms with Crippen LogP contribution >= 0.6 is 0 Å². The van der Waals surface area contributed by atoms with E-state index >= 15 is 0 Å². The SMILES string of the molecule is CCCCCCCCCCCCNC(=O)c1ccc2cc(O)c(C(=O)Nc3ccccc3C)cc2c1. The van der Waals surface area contributed by atoms with Gasteiger partial charge in [0.25, 0.3) is 11.8 Å². The number of hydrogen-bond acceptors (Lipinski definition) is 3. The van der Waals surface area contributed by atoms with Crippen molar-refractivity contribution < 1.29 is 14.7 Å². The molecule has 2 amide bonds. The third kappa shape index (κ3) is 8.11. The number of rotatable bonds is 14. The molecule has 0 aliphatic heterocycles. The Bertz CT molecular complexity index is 1160. The molecule has 192 valence electrons. The normalized spacial score (nSPS) is 10.9. The van der Waals surface area contributed by atoms with Crippen molar-refractivity contribution in [3.8, 4) is 5.75 Å². The van der Waals surface area contributed by atoms with E-state index in [2.05, 4.69) is 17.6 Å². The summed E-state index contributed by atoms with van der Waals surface area (Å²) in [5.41, 5.74) is 2.36. The first kappa shape index (κ1) is 27.3. The van der Waals surface area contributed by atoms with E-state index in [1.165, 1.54) is 51.4 Å². The number of phenols is 1. The zero-order valence-corrected chi connectivity index (χ0v) is 21.7. The molecule has 0 saturated heterocycles. The Hall–Kier alpha value is -3.34. The van der Waals surface area contributed by atoms with Gasteiger partial charge in [-0.15, -0.1) is 0 Å². The van der Waals surface area contributed by atoms with E-state index in [9.17, 15) is 14.7 Å². The summed E-state index contributed by atoms with van der Waals surface area (Å²) in [5.74, 6) is -0.599. The molecule has 3 aromatic carbocycles. The van der Waals surface area contributed by atoms with E-state index in [0.29, 0.717) is 17.8 Å². The first-order chi connectivity index (χ1) is 17.5. The number of amides is 2. The van der Waals surface area contributed by atoms with Crippen molar-refractivity contribution in [2.24, 2.45) is 0 Å². The molecular weight excluding hydrogens is 448 g/mol. The average Bonchev–Trinajstić information content (AvgIpc) is 2.87. The van der Waals surface area contributed by atoms with Crippen LogP contribution in [0.25, 0.3) is 10.8 Å². The lowest BCUT2D eigenvalue weighted by atomic mass is 10.0. The van der Waals surface area contributed by atoms with Gasteiger partial charge >= 0.3 is 0 Å². The van der Waals surface area contributed by atoms with Gasteiger partial charge in [-0.2, -0.15) is 0 Å². The van der Waals surface area contributed by atoms with E-state index in [4.69, 9.17) is 0 Å². The summed E-state index contributed by atoms with van der Waals surface area (Å²) < 4.78 is 0. The molecule has 0 saturated carbocycles. The lowest BCUT2D eigenvalue weighted by Gasteiger charge is -2.11. The molecule has 0 radical (unpaired) electrons. The van der Waals surface area contributed by atoms with Crippen molar-refractivity contribution in [2.45, 2.75) is 78.1 Å². The molecule has 0 spiro atoms. The van der Waals surface area contributed by atoms with Gasteiger partial charge in [-0.25, -0.2) is 0 Å². The topological polar surface area (TPSA) is 78.4 Å². The van der Waals surface area contributed by atoms with E-state index in [1.54, 1.807) is 30.3 Å². The lowest BCUT2D eigenvalue weighted by Crippen LogP contribution is -2.24. The smallest absolute Gasteiger partial charge is 0.259 e. The number of carbonyl (C=O) groups is 2. The molecule has 3 rings (SSSR count). The highest BCUT2D eigenvalue weighted by atomic mass is 16.3. The van der Waals surface area contributed by atoms with Gasteiger partial charge in [0.05, 0.1) is 5.56 Å². The fourth-order valence-corrected chi connectivity index (χ4v) is 4.43. The molecule has 0 atom stereocenters. The van der Waals surface area contributed by atoms with Crippen molar-refractivity contribution >= 4 is 28.3 Å². The largest absolute Gasteiger partial charge is 0.507 e. The molecule has 0 heterocycles. The molecule has 0 fully saturated rings. The number of anilines is 1. The highest BCUT2D eigenvalue weighted by molar-refractivity contribution is 6.09. The van der Waals surface area contributed by atoms with Crippen LogP contribution < -0.4 is 10.6 Å². The number of aromatic hydroxyl groups is 1. The number of aryl methyl sites for hydroxylation is 1. The van der Waals surface area contributed by atoms with E-state index in [0.717, 1.165) is 29.2 Å². The second kappa shape index (κ2) is 14.3. The summed E-state index contributed by atoms with van der Waals surface area (Å²) in [6.07, 6.45) is 12.6. The highest BCUT2D eigenvalue weighted by Gasteiger charge is 2.15. The number of hydrogen-bond donors (Lipinski definition) is 3. The van der Waals surface area contributed by atoms with Crippen LogP contribution in [0, 0.1) is 6.92 Å². The van der Waals surface area contributed by atoms with E-state index in [-0.39, 0.29) is 23.1 Å². The Morgan fingerprint density at radius 2 is 1.42 bits per heavy atom. The molecule has 0 aliphatic rings. The predicted octanol–water partition coefficient (Wildman–Crippen LogP) is 7.76. The zero-order chi connectivity index (χ0) is 25.8. The number of fused-ring (bicyclic) bond motifs is 1. The Kier molecular flexibility index (Phi) is 10.8. The maximum Gasteiger partial charge on any atom is 0.259 e. The molecular formula is C31H40N2O3. The van der Waals surface area contributed by atoms with Crippen LogP contribution in [0.2, 0.25) is 0 Å². The molecule has 0 bridgehead atoms. The van der Waals surface area contributed by atoms with Crippen LogP contribution in [0.15, 0.2) is 54.6 Å². The molecule has 0 aliphatic carbocycles. The third-order valence-corrected chi connectivity index (χ3v) is 6.67. The maximum absolute atomic E-state index is 12.8. The summed E-state index contributed by atoms with van der Waals surface area (Å²) in [7, 11) is 0. The number of para-hydroxylation sites is 1. The van der Waals surface area contributed by atoms with Gasteiger partial charge in [0.15, 0.2) is 0 Å². The minimum atomic E-state index is -0.389. The summed E-state index contributed by atoms with van der Waals surface area (Å²) in [6, 6.07) is 16.0. The molecule has 36 heavy (non-hydrogen) atoms. The Labute approximate surface area is 215 Å². The van der Waals surface area contributed by atoms with Crippen LogP contribution in [0.4, 0.5) is 5.69 Å². The molecule has 5 heteroatoms. The summed E-state index contributed by atoms with van der Waals surface area (Å²) >= 11 is 0. The van der Waals surface area contributed by atoms with Crippen LogP contribution in [0.1, 0.15) is 97.4 Å². The van der Waals surface area contributed by atoms with Gasteiger partial charge < -0.3 is 15.7 Å². The fraction of sp³-hybridized carbons (Fsp3) is 0.419. The quantitative estimate of drug-likeness (QED) is 0.203. The van der Waals surface area contributed by atoms with Gasteiger partial charge in [0, 0.05) is 17.8 Å². The summed E-state index contributed by atoms with van der Waals surface area (Å²) in [6.45, 7) is 4.82. The minimum Gasteiger partial charge on any atom is -0.507 e. The molecule has 5 nitrogen and oxygen atoms in total. The van der Waals surface area contributed by atoms with Crippen molar-refractivity contribution in [2.75, 3.05) is 11.9 Å². The number of phenolic OH excluding ortho intramolecular Hbond substituents is 1. The monoisotopic (exact) mass is 488 g/mol. The third-order valence-electron chi connectivity index (χ3n) is 6.67. The minimum absolute atomic E-state index is 0.0910. The number of benzene rings is 3. The van der Waals surface area contributed by atoms with Gasteiger partial charge in [0.1, 0.15) is 5.75 Å². The summed E-state index contributed by atoms with van der Waals surface area (Å²) in [5, 5.41) is 17.8. The van der Waals surface area contributed by atoms with Crippen LogP contribution in [-0.2, 0) is 0 Å². The van der Waals surface area contributed by atoms with Crippen molar-refractivity contribution in [3.05, 3.63) is 71.3 Å². The molecule has 0 unspecified atom stereocenters. The van der Waals surface area contributed by atoms with Gasteiger partial charge in [0.2, 0.25) is 0 Å². The van der Waals surface area contributed by atoms with Crippen LogP contribution in [0.5, 0.6) is 5.75 Å². The molecule has 3 aromatic rings. The van der Waals surface area contributed by atoms with Crippen molar-refractivity contribution in [1.29, 1.82) is 0 Å². The predicted molar refractivity (Wildman–Crippen MR) is 149 cm³/mol. The molecule has 3 N–H and O–H groups in total. The number of unbranched alkanes of at least 4 members (excludes halogenated alkanes) is 9. The Morgan fingerprint density at radius 3 is 2.11 bits per heavy atom. The van der Waals surface area contributed by atoms with Crippen LogP contribution in [0.3, 0.4) is 0 Å². The van der Waals surface area contributed by atoms with E-state index < -0.39 is 0 Å². The van der Waals surface area contributed by atoms with Gasteiger partial charge in [-0.3, -0.25) is 9.59 Å². The molecule has 0 aromatic heterocycles. The standard InChI is InChI=1S/C31H40N2O3/c1-3-4-5-6-7-8-9-10-11-14-19-32-30(35)25-18-17-24-22-29(34)27(21-26(24)20-25)31(36)33-28-16-13-12-15-23(28)2/h12-13,15-18,20-22,34H,3-11,14,19H2,1-2H3,(H,32,35)(H,33,36). The highest BCUT2D eigenvalue weighted by Crippen LogP contribution is 2.27. The van der Waals surface area contributed by atoms with Gasteiger partial charge in [-0.1, -0.05) is 89.0 Å². The number of carbonyl (C=O) groups excluding carboxylic acids is 2. The average molecular weight is 489 g/mol.